The first kappa shape index (κ1) is 13.4. The smallest absolute Gasteiger partial charge is 0.133 e. The van der Waals surface area contributed by atoms with Gasteiger partial charge in [-0.25, -0.2) is 8.78 Å². The number of hydrazine groups is 1. The summed E-state index contributed by atoms with van der Waals surface area (Å²) in [7, 11) is 0. The topological polar surface area (TPSA) is 38.0 Å². The lowest BCUT2D eigenvalue weighted by Crippen LogP contribution is -2.31. The van der Waals surface area contributed by atoms with Crippen molar-refractivity contribution in [2.75, 3.05) is 0 Å². The number of nitrogens with one attached hydrogen (secondary N) is 1. The van der Waals surface area contributed by atoms with Crippen molar-refractivity contribution < 1.29 is 8.78 Å². The summed E-state index contributed by atoms with van der Waals surface area (Å²) < 4.78 is 27.8. The predicted octanol–water partition coefficient (Wildman–Crippen LogP) is 3.36. The van der Waals surface area contributed by atoms with Gasteiger partial charge in [0.2, 0.25) is 0 Å². The minimum Gasteiger partial charge on any atom is -0.271 e. The van der Waals surface area contributed by atoms with Crippen LogP contribution in [0, 0.1) is 24.5 Å². The van der Waals surface area contributed by atoms with Crippen LogP contribution >= 0.6 is 0 Å². The molecule has 2 rings (SSSR count). The molecule has 0 aromatic heterocycles. The van der Waals surface area contributed by atoms with E-state index in [1.54, 1.807) is 6.92 Å². The van der Waals surface area contributed by atoms with Crippen molar-refractivity contribution >= 4 is 0 Å². The zero-order valence-corrected chi connectivity index (χ0v) is 10.7. The number of hydrogen-bond donors (Lipinski definition) is 2. The molecule has 1 aromatic carbocycles. The van der Waals surface area contributed by atoms with Crippen molar-refractivity contribution in [2.45, 2.75) is 45.1 Å². The fourth-order valence-corrected chi connectivity index (χ4v) is 2.85. The van der Waals surface area contributed by atoms with E-state index in [0.717, 1.165) is 12.8 Å². The van der Waals surface area contributed by atoms with Gasteiger partial charge in [0.05, 0.1) is 6.04 Å². The number of nitrogens with two attached hydrogens (primary N) is 1. The highest BCUT2D eigenvalue weighted by molar-refractivity contribution is 5.29. The van der Waals surface area contributed by atoms with Crippen LogP contribution in [0.5, 0.6) is 0 Å². The summed E-state index contributed by atoms with van der Waals surface area (Å²) in [6, 6.07) is 2.33. The Morgan fingerprint density at radius 1 is 1.33 bits per heavy atom. The largest absolute Gasteiger partial charge is 0.271 e. The molecule has 1 atom stereocenters. The zero-order valence-electron chi connectivity index (χ0n) is 10.7. The van der Waals surface area contributed by atoms with E-state index in [-0.39, 0.29) is 5.56 Å². The van der Waals surface area contributed by atoms with Crippen LogP contribution < -0.4 is 11.3 Å². The molecule has 1 aliphatic rings. The van der Waals surface area contributed by atoms with Crippen molar-refractivity contribution in [2.24, 2.45) is 11.8 Å². The third-order valence-corrected chi connectivity index (χ3v) is 3.91. The van der Waals surface area contributed by atoms with E-state index in [0.29, 0.717) is 17.9 Å². The van der Waals surface area contributed by atoms with E-state index >= 15 is 0 Å². The molecule has 1 fully saturated rings. The molecular weight excluding hydrogens is 234 g/mol. The van der Waals surface area contributed by atoms with Crippen LogP contribution in [0.2, 0.25) is 0 Å². The normalized spacial score (nSPS) is 18.2. The maximum atomic E-state index is 14.0. The predicted molar refractivity (Wildman–Crippen MR) is 67.7 cm³/mol. The van der Waals surface area contributed by atoms with Gasteiger partial charge in [-0.2, -0.15) is 0 Å². The number of rotatable bonds is 4. The second-order valence-corrected chi connectivity index (χ2v) is 5.20. The number of hydrogen-bond acceptors (Lipinski definition) is 2. The molecule has 0 spiro atoms. The van der Waals surface area contributed by atoms with Crippen LogP contribution in [-0.4, -0.2) is 0 Å². The maximum absolute atomic E-state index is 14.0. The molecule has 18 heavy (non-hydrogen) atoms. The van der Waals surface area contributed by atoms with Gasteiger partial charge in [0.25, 0.3) is 0 Å². The van der Waals surface area contributed by atoms with Crippen molar-refractivity contribution in [1.29, 1.82) is 0 Å². The standard InChI is InChI=1S/C14H20F2N2/c1-9-6-7-11(15)13(14(9)16)12(18-17)8-10-4-2-3-5-10/h6-7,10,12,18H,2-5,8,17H2,1H3. The minimum atomic E-state index is -0.515. The monoisotopic (exact) mass is 254 g/mol. The van der Waals surface area contributed by atoms with Gasteiger partial charge in [0.15, 0.2) is 0 Å². The molecule has 1 aliphatic carbocycles. The summed E-state index contributed by atoms with van der Waals surface area (Å²) in [6.07, 6.45) is 5.38. The quantitative estimate of drug-likeness (QED) is 0.638. The summed E-state index contributed by atoms with van der Waals surface area (Å²) in [6.45, 7) is 1.64. The Bertz CT molecular complexity index is 415. The van der Waals surface area contributed by atoms with E-state index in [1.165, 1.54) is 25.0 Å². The summed E-state index contributed by atoms with van der Waals surface area (Å²) in [5.74, 6) is 5.02. The van der Waals surface area contributed by atoms with Crippen molar-refractivity contribution in [3.63, 3.8) is 0 Å². The molecule has 0 radical (unpaired) electrons. The van der Waals surface area contributed by atoms with Gasteiger partial charge in [0, 0.05) is 5.56 Å². The Labute approximate surface area is 107 Å². The van der Waals surface area contributed by atoms with Gasteiger partial charge in [-0.15, -0.1) is 0 Å². The second kappa shape index (κ2) is 5.76. The first-order valence-corrected chi connectivity index (χ1v) is 6.54. The van der Waals surface area contributed by atoms with Crippen LogP contribution in [0.15, 0.2) is 12.1 Å². The van der Waals surface area contributed by atoms with E-state index in [2.05, 4.69) is 5.43 Å². The average molecular weight is 254 g/mol. The Kier molecular flexibility index (Phi) is 4.30. The fraction of sp³-hybridized carbons (Fsp3) is 0.571. The van der Waals surface area contributed by atoms with Gasteiger partial charge in [-0.3, -0.25) is 11.3 Å². The van der Waals surface area contributed by atoms with Crippen LogP contribution in [0.1, 0.15) is 49.3 Å². The lowest BCUT2D eigenvalue weighted by Gasteiger charge is -2.21. The molecule has 0 bridgehead atoms. The molecule has 1 aromatic rings. The lowest BCUT2D eigenvalue weighted by atomic mass is 9.92. The first-order chi connectivity index (χ1) is 8.63. The summed E-state index contributed by atoms with van der Waals surface area (Å²) in [5.41, 5.74) is 3.12. The Balaban J connectivity index is 2.23. The van der Waals surface area contributed by atoms with E-state index < -0.39 is 17.7 Å². The Morgan fingerprint density at radius 3 is 2.61 bits per heavy atom. The number of halogens is 2. The van der Waals surface area contributed by atoms with Crippen molar-refractivity contribution in [3.05, 3.63) is 34.9 Å². The molecular formula is C14H20F2N2. The van der Waals surface area contributed by atoms with Crippen LogP contribution in [0.4, 0.5) is 8.78 Å². The van der Waals surface area contributed by atoms with Crippen LogP contribution in [-0.2, 0) is 0 Å². The fourth-order valence-electron chi connectivity index (χ4n) is 2.85. The first-order valence-electron chi connectivity index (χ1n) is 6.54. The Hall–Kier alpha value is -1.00. The maximum Gasteiger partial charge on any atom is 0.133 e. The van der Waals surface area contributed by atoms with Gasteiger partial charge >= 0.3 is 0 Å². The molecule has 0 heterocycles. The van der Waals surface area contributed by atoms with E-state index in [9.17, 15) is 8.78 Å². The summed E-state index contributed by atoms with van der Waals surface area (Å²) in [5, 5.41) is 0. The van der Waals surface area contributed by atoms with Gasteiger partial charge in [0.1, 0.15) is 11.6 Å². The molecule has 1 unspecified atom stereocenters. The summed E-state index contributed by atoms with van der Waals surface area (Å²) in [4.78, 5) is 0. The zero-order chi connectivity index (χ0) is 13.1. The SMILES string of the molecule is Cc1ccc(F)c(C(CC2CCCC2)NN)c1F. The highest BCUT2D eigenvalue weighted by Crippen LogP contribution is 2.34. The summed E-state index contributed by atoms with van der Waals surface area (Å²) >= 11 is 0. The molecule has 3 N–H and O–H groups in total. The van der Waals surface area contributed by atoms with E-state index in [1.807, 2.05) is 0 Å². The molecule has 0 aliphatic heterocycles. The van der Waals surface area contributed by atoms with Crippen LogP contribution in [0.25, 0.3) is 0 Å². The van der Waals surface area contributed by atoms with Gasteiger partial charge in [-0.05, 0) is 30.9 Å². The highest BCUT2D eigenvalue weighted by Gasteiger charge is 2.25. The van der Waals surface area contributed by atoms with Gasteiger partial charge in [-0.1, -0.05) is 31.7 Å². The lowest BCUT2D eigenvalue weighted by molar-refractivity contribution is 0.377. The molecule has 2 nitrogen and oxygen atoms in total. The minimum absolute atomic E-state index is 0.0874. The average Bonchev–Trinajstić information content (AvgIpc) is 2.86. The molecule has 0 amide bonds. The third-order valence-electron chi connectivity index (χ3n) is 3.91. The molecule has 0 saturated heterocycles. The van der Waals surface area contributed by atoms with E-state index in [4.69, 9.17) is 5.84 Å². The van der Waals surface area contributed by atoms with Crippen molar-refractivity contribution in [3.8, 4) is 0 Å². The van der Waals surface area contributed by atoms with Crippen LogP contribution in [0.3, 0.4) is 0 Å². The highest BCUT2D eigenvalue weighted by atomic mass is 19.1. The molecule has 100 valence electrons. The third kappa shape index (κ3) is 2.70. The van der Waals surface area contributed by atoms with Crippen molar-refractivity contribution in [1.82, 2.24) is 5.43 Å². The number of benzene rings is 1. The molecule has 1 saturated carbocycles. The number of aryl methyl sites for hydroxylation is 1. The molecule has 4 heteroatoms. The Morgan fingerprint density at radius 2 is 2.00 bits per heavy atom. The second-order valence-electron chi connectivity index (χ2n) is 5.20. The van der Waals surface area contributed by atoms with Gasteiger partial charge < -0.3 is 0 Å².